The van der Waals surface area contributed by atoms with Crippen LogP contribution in [0.25, 0.3) is 0 Å². The lowest BCUT2D eigenvalue weighted by Crippen LogP contribution is -2.18. The number of nitrogens with one attached hydrogen (secondary N) is 1. The number of anilines is 1. The molecule has 0 aliphatic carbocycles. The van der Waals surface area contributed by atoms with Crippen LogP contribution in [-0.4, -0.2) is 39.7 Å². The molecular formula is C17H21ClN4O2S. The van der Waals surface area contributed by atoms with Gasteiger partial charge < -0.3 is 4.90 Å². The first kappa shape index (κ1) is 19.4. The molecule has 0 saturated heterocycles. The van der Waals surface area contributed by atoms with Gasteiger partial charge in [0, 0.05) is 18.0 Å². The Morgan fingerprint density at radius 1 is 1.12 bits per heavy atom. The number of hydrogen-bond donors (Lipinski definition) is 2. The fourth-order valence-electron chi connectivity index (χ4n) is 2.09. The zero-order chi connectivity index (χ0) is 18.4. The molecular weight excluding hydrogens is 360 g/mol. The van der Waals surface area contributed by atoms with Gasteiger partial charge >= 0.3 is 0 Å². The Hall–Kier alpha value is -1.93. The number of halogens is 1. The van der Waals surface area contributed by atoms with Crippen molar-refractivity contribution in [2.75, 3.05) is 26.1 Å². The summed E-state index contributed by atoms with van der Waals surface area (Å²) in [5.74, 6) is 0. The van der Waals surface area contributed by atoms with Crippen molar-refractivity contribution in [3.8, 4) is 0 Å². The van der Waals surface area contributed by atoms with Gasteiger partial charge in [-0.2, -0.15) is 5.10 Å². The molecule has 0 heterocycles. The Balaban J connectivity index is 2.20. The van der Waals surface area contributed by atoms with Crippen molar-refractivity contribution in [1.82, 2.24) is 4.90 Å². The second-order valence-corrected chi connectivity index (χ2v) is 7.80. The van der Waals surface area contributed by atoms with Crippen LogP contribution in [0.1, 0.15) is 12.0 Å². The Kier molecular flexibility index (Phi) is 6.55. The molecule has 2 aromatic rings. The highest BCUT2D eigenvalue weighted by atomic mass is 35.5. The molecule has 0 bridgehead atoms. The van der Waals surface area contributed by atoms with E-state index in [1.807, 2.05) is 38.4 Å². The molecule has 2 rings (SSSR count). The number of nitrogens with zero attached hydrogens (tertiary/aromatic N) is 2. The summed E-state index contributed by atoms with van der Waals surface area (Å²) < 4.78 is 22.6. The third-order valence-corrected chi connectivity index (χ3v) is 4.66. The molecule has 8 heteroatoms. The number of rotatable bonds is 7. The van der Waals surface area contributed by atoms with Crippen LogP contribution in [0.5, 0.6) is 0 Å². The predicted molar refractivity (Wildman–Crippen MR) is 103 cm³/mol. The molecule has 0 unspecified atom stereocenters. The molecule has 3 N–H and O–H groups in total. The van der Waals surface area contributed by atoms with Gasteiger partial charge in [0.25, 0.3) is 0 Å². The van der Waals surface area contributed by atoms with E-state index in [4.69, 9.17) is 16.7 Å². The van der Waals surface area contributed by atoms with Crippen LogP contribution in [0, 0.1) is 0 Å². The second kappa shape index (κ2) is 8.44. The average Bonchev–Trinajstić information content (AvgIpc) is 2.55. The van der Waals surface area contributed by atoms with Gasteiger partial charge in [-0.15, -0.1) is 0 Å². The molecule has 0 aliphatic heterocycles. The summed E-state index contributed by atoms with van der Waals surface area (Å²) in [6.07, 6.45) is 0.747. The molecule has 0 aliphatic rings. The van der Waals surface area contributed by atoms with Gasteiger partial charge in [0.2, 0.25) is 10.0 Å². The largest absolute Gasteiger partial charge is 0.309 e. The lowest BCUT2D eigenvalue weighted by Gasteiger charge is -2.12. The molecule has 0 radical (unpaired) electrons. The topological polar surface area (TPSA) is 87.8 Å². The fourth-order valence-corrected chi connectivity index (χ4v) is 2.73. The Morgan fingerprint density at radius 3 is 2.24 bits per heavy atom. The van der Waals surface area contributed by atoms with Crippen LogP contribution in [0.15, 0.2) is 58.5 Å². The lowest BCUT2D eigenvalue weighted by atomic mass is 10.1. The van der Waals surface area contributed by atoms with Gasteiger partial charge in [0.15, 0.2) is 0 Å². The standard InChI is InChI=1S/C17H21ClN4O2S/c1-22(2)12-11-17(13-3-5-14(18)6-4-13)21-20-15-7-9-16(10-8-15)25(19,23)24/h3-10,20H,11-12H2,1-2H3,(H2,19,23,24)/b21-17+. The zero-order valence-corrected chi connectivity index (χ0v) is 15.7. The lowest BCUT2D eigenvalue weighted by molar-refractivity contribution is 0.422. The van der Waals surface area contributed by atoms with Crippen molar-refractivity contribution in [3.63, 3.8) is 0 Å². The quantitative estimate of drug-likeness (QED) is 0.571. The molecule has 0 saturated carbocycles. The fraction of sp³-hybridized carbons (Fsp3) is 0.235. The highest BCUT2D eigenvalue weighted by Crippen LogP contribution is 2.15. The molecule has 0 fully saturated rings. The molecule has 6 nitrogen and oxygen atoms in total. The first-order valence-electron chi connectivity index (χ1n) is 7.62. The van der Waals surface area contributed by atoms with Crippen LogP contribution in [0.4, 0.5) is 5.69 Å². The SMILES string of the molecule is CN(C)CC/C(=N\Nc1ccc(S(N)(=O)=O)cc1)c1ccc(Cl)cc1. The number of benzene rings is 2. The number of hydrazone groups is 1. The highest BCUT2D eigenvalue weighted by molar-refractivity contribution is 7.89. The van der Waals surface area contributed by atoms with Crippen molar-refractivity contribution in [2.24, 2.45) is 10.2 Å². The number of nitrogens with two attached hydrogens (primary N) is 1. The van der Waals surface area contributed by atoms with Crippen LogP contribution in [-0.2, 0) is 10.0 Å². The van der Waals surface area contributed by atoms with Crippen molar-refractivity contribution in [1.29, 1.82) is 0 Å². The van der Waals surface area contributed by atoms with Crippen molar-refractivity contribution >= 4 is 33.0 Å². The van der Waals surface area contributed by atoms with Crippen LogP contribution >= 0.6 is 11.6 Å². The van der Waals surface area contributed by atoms with Crippen LogP contribution in [0.3, 0.4) is 0 Å². The maximum absolute atomic E-state index is 11.3. The van der Waals surface area contributed by atoms with Crippen molar-refractivity contribution in [3.05, 3.63) is 59.1 Å². The highest BCUT2D eigenvalue weighted by Gasteiger charge is 2.08. The predicted octanol–water partition coefficient (Wildman–Crippen LogP) is 2.76. The minimum Gasteiger partial charge on any atom is -0.309 e. The first-order valence-corrected chi connectivity index (χ1v) is 9.54. The first-order chi connectivity index (χ1) is 11.8. The second-order valence-electron chi connectivity index (χ2n) is 5.80. The van der Waals surface area contributed by atoms with Gasteiger partial charge in [0.1, 0.15) is 0 Å². The summed E-state index contributed by atoms with van der Waals surface area (Å²) in [5.41, 5.74) is 5.48. The molecule has 0 spiro atoms. The van der Waals surface area contributed by atoms with E-state index in [-0.39, 0.29) is 4.90 Å². The van der Waals surface area contributed by atoms with Crippen molar-refractivity contribution in [2.45, 2.75) is 11.3 Å². The number of primary sulfonamides is 1. The number of hydrogen-bond acceptors (Lipinski definition) is 5. The Bertz CT molecular complexity index is 832. The third kappa shape index (κ3) is 6.13. The van der Waals surface area contributed by atoms with E-state index in [9.17, 15) is 8.42 Å². The van der Waals surface area contributed by atoms with Crippen LogP contribution in [0.2, 0.25) is 5.02 Å². The Labute approximate surface area is 153 Å². The van der Waals surface area contributed by atoms with E-state index in [0.717, 1.165) is 24.2 Å². The maximum atomic E-state index is 11.3. The van der Waals surface area contributed by atoms with Crippen molar-refractivity contribution < 1.29 is 8.42 Å². The number of sulfonamides is 1. The summed E-state index contributed by atoms with van der Waals surface area (Å²) in [6.45, 7) is 0.841. The summed E-state index contributed by atoms with van der Waals surface area (Å²) in [6, 6.07) is 13.6. The third-order valence-electron chi connectivity index (χ3n) is 3.48. The molecule has 134 valence electrons. The summed E-state index contributed by atoms with van der Waals surface area (Å²) in [7, 11) is 0.300. The van der Waals surface area contributed by atoms with E-state index in [1.165, 1.54) is 12.1 Å². The van der Waals surface area contributed by atoms with E-state index in [1.54, 1.807) is 12.1 Å². The van der Waals surface area contributed by atoms with Gasteiger partial charge in [-0.05, 0) is 56.1 Å². The summed E-state index contributed by atoms with van der Waals surface area (Å²) in [5, 5.41) is 10.2. The average molecular weight is 381 g/mol. The van der Waals surface area contributed by atoms with E-state index in [2.05, 4.69) is 15.4 Å². The normalized spacial score (nSPS) is 12.4. The van der Waals surface area contributed by atoms with Gasteiger partial charge in [0.05, 0.1) is 16.3 Å². The van der Waals surface area contributed by atoms with Gasteiger partial charge in [-0.3, -0.25) is 5.43 Å². The molecule has 0 atom stereocenters. The smallest absolute Gasteiger partial charge is 0.238 e. The molecule has 0 amide bonds. The molecule has 0 aromatic heterocycles. The van der Waals surface area contributed by atoms with Gasteiger partial charge in [-0.25, -0.2) is 13.6 Å². The van der Waals surface area contributed by atoms with Gasteiger partial charge in [-0.1, -0.05) is 23.7 Å². The summed E-state index contributed by atoms with van der Waals surface area (Å²) in [4.78, 5) is 2.14. The van der Waals surface area contributed by atoms with E-state index >= 15 is 0 Å². The van der Waals surface area contributed by atoms with E-state index in [0.29, 0.717) is 10.7 Å². The molecule has 25 heavy (non-hydrogen) atoms. The minimum atomic E-state index is -3.70. The maximum Gasteiger partial charge on any atom is 0.238 e. The zero-order valence-electron chi connectivity index (χ0n) is 14.1. The monoisotopic (exact) mass is 380 g/mol. The van der Waals surface area contributed by atoms with Crippen LogP contribution < -0.4 is 10.6 Å². The van der Waals surface area contributed by atoms with E-state index < -0.39 is 10.0 Å². The molecule has 2 aromatic carbocycles. The minimum absolute atomic E-state index is 0.0626. The summed E-state index contributed by atoms with van der Waals surface area (Å²) >= 11 is 5.95. The Morgan fingerprint density at radius 2 is 1.72 bits per heavy atom.